The van der Waals surface area contributed by atoms with Gasteiger partial charge in [-0.3, -0.25) is 9.59 Å². The number of para-hydroxylation sites is 1. The summed E-state index contributed by atoms with van der Waals surface area (Å²) in [4.78, 5) is 29.3. The van der Waals surface area contributed by atoms with Crippen LogP contribution < -0.4 is 9.80 Å². The Hall–Kier alpha value is -2.67. The Labute approximate surface area is 164 Å². The van der Waals surface area contributed by atoms with Crippen LogP contribution in [0.2, 0.25) is 0 Å². The van der Waals surface area contributed by atoms with Crippen molar-refractivity contribution < 1.29 is 18.0 Å². The molecule has 2 amide bonds. The van der Waals surface area contributed by atoms with E-state index in [1.165, 1.54) is 6.26 Å². The van der Waals surface area contributed by atoms with E-state index in [0.29, 0.717) is 13.1 Å². The largest absolute Gasteiger partial charge is 0.312 e. The van der Waals surface area contributed by atoms with Crippen molar-refractivity contribution in [1.29, 1.82) is 0 Å². The van der Waals surface area contributed by atoms with Crippen molar-refractivity contribution in [3.05, 3.63) is 54.1 Å². The minimum atomic E-state index is -3.29. The maximum Gasteiger partial charge on any atom is 0.232 e. The van der Waals surface area contributed by atoms with E-state index in [1.807, 2.05) is 30.3 Å². The SMILES string of the molecule is CS(=O)(=O)c1ccc2c(c1)CCCN2C(=O)[C@H]1CC(=O)N(c2ccccc2)C1. The first-order valence-electron chi connectivity index (χ1n) is 9.34. The van der Waals surface area contributed by atoms with Crippen LogP contribution in [0.1, 0.15) is 18.4 Å². The summed E-state index contributed by atoms with van der Waals surface area (Å²) in [6, 6.07) is 14.3. The molecule has 0 bridgehead atoms. The van der Waals surface area contributed by atoms with Gasteiger partial charge in [0.05, 0.1) is 10.8 Å². The molecule has 0 radical (unpaired) electrons. The fourth-order valence-electron chi connectivity index (χ4n) is 3.98. The van der Waals surface area contributed by atoms with Crippen LogP contribution in [-0.4, -0.2) is 39.6 Å². The minimum absolute atomic E-state index is 0.0470. The second-order valence-electron chi connectivity index (χ2n) is 7.40. The van der Waals surface area contributed by atoms with Crippen LogP contribution in [-0.2, 0) is 25.8 Å². The highest BCUT2D eigenvalue weighted by Crippen LogP contribution is 2.33. The van der Waals surface area contributed by atoms with Crippen LogP contribution in [0.3, 0.4) is 0 Å². The molecule has 2 aromatic rings. The standard InChI is InChI=1S/C21H22N2O4S/c1-28(26,27)18-9-10-19-15(12-18)6-5-11-22(19)21(25)16-13-20(24)23(14-16)17-7-3-2-4-8-17/h2-4,7-10,12,16H,5-6,11,13-14H2,1H3/t16-/m0/s1. The highest BCUT2D eigenvalue weighted by molar-refractivity contribution is 7.90. The van der Waals surface area contributed by atoms with Gasteiger partial charge in [-0.25, -0.2) is 8.42 Å². The Morgan fingerprint density at radius 3 is 2.57 bits per heavy atom. The van der Waals surface area contributed by atoms with Gasteiger partial charge in [0.15, 0.2) is 9.84 Å². The molecule has 0 saturated carbocycles. The Morgan fingerprint density at radius 2 is 1.86 bits per heavy atom. The lowest BCUT2D eigenvalue weighted by atomic mass is 9.99. The Balaban J connectivity index is 1.58. The van der Waals surface area contributed by atoms with Crippen molar-refractivity contribution in [2.75, 3.05) is 29.1 Å². The van der Waals surface area contributed by atoms with E-state index < -0.39 is 15.8 Å². The van der Waals surface area contributed by atoms with Crippen molar-refractivity contribution in [2.24, 2.45) is 5.92 Å². The van der Waals surface area contributed by atoms with Gasteiger partial charge in [0, 0.05) is 37.1 Å². The zero-order valence-corrected chi connectivity index (χ0v) is 16.5. The monoisotopic (exact) mass is 398 g/mol. The number of amides is 2. The second-order valence-corrected chi connectivity index (χ2v) is 9.41. The van der Waals surface area contributed by atoms with E-state index in [-0.39, 0.29) is 23.1 Å². The Kier molecular flexibility index (Phi) is 4.71. The zero-order chi connectivity index (χ0) is 19.9. The van der Waals surface area contributed by atoms with Crippen molar-refractivity contribution >= 4 is 33.0 Å². The molecular weight excluding hydrogens is 376 g/mol. The topological polar surface area (TPSA) is 74.8 Å². The maximum atomic E-state index is 13.2. The van der Waals surface area contributed by atoms with Gasteiger partial charge in [-0.2, -0.15) is 0 Å². The first-order valence-corrected chi connectivity index (χ1v) is 11.2. The van der Waals surface area contributed by atoms with E-state index in [0.717, 1.165) is 29.8 Å². The van der Waals surface area contributed by atoms with Crippen molar-refractivity contribution in [1.82, 2.24) is 0 Å². The molecular formula is C21H22N2O4S. The summed E-state index contributed by atoms with van der Waals surface area (Å²) in [6.45, 7) is 0.953. The molecule has 0 spiro atoms. The van der Waals surface area contributed by atoms with E-state index in [1.54, 1.807) is 28.0 Å². The zero-order valence-electron chi connectivity index (χ0n) is 15.7. The number of nitrogens with zero attached hydrogens (tertiary/aromatic N) is 2. The predicted octanol–water partition coefficient (Wildman–Crippen LogP) is 2.42. The van der Waals surface area contributed by atoms with Gasteiger partial charge < -0.3 is 9.80 Å². The molecule has 4 rings (SSSR count). The van der Waals surface area contributed by atoms with Crippen LogP contribution in [0.15, 0.2) is 53.4 Å². The van der Waals surface area contributed by atoms with Crippen molar-refractivity contribution in [2.45, 2.75) is 24.2 Å². The molecule has 2 heterocycles. The summed E-state index contributed by atoms with van der Waals surface area (Å²) in [5, 5.41) is 0. The molecule has 1 atom stereocenters. The number of benzene rings is 2. The summed E-state index contributed by atoms with van der Waals surface area (Å²) in [6.07, 6.45) is 2.89. The lowest BCUT2D eigenvalue weighted by molar-refractivity contribution is -0.124. The molecule has 0 aromatic heterocycles. The molecule has 2 aliphatic rings. The van der Waals surface area contributed by atoms with Gasteiger partial charge in [0.2, 0.25) is 11.8 Å². The first kappa shape index (κ1) is 18.7. The number of fused-ring (bicyclic) bond motifs is 1. The van der Waals surface area contributed by atoms with E-state index in [9.17, 15) is 18.0 Å². The maximum absolute atomic E-state index is 13.2. The molecule has 0 aliphatic carbocycles. The van der Waals surface area contributed by atoms with Gasteiger partial charge in [0.25, 0.3) is 0 Å². The first-order chi connectivity index (χ1) is 13.3. The summed E-state index contributed by atoms with van der Waals surface area (Å²) in [5.41, 5.74) is 2.43. The number of carbonyl (C=O) groups is 2. The Morgan fingerprint density at radius 1 is 1.11 bits per heavy atom. The van der Waals surface area contributed by atoms with Crippen LogP contribution >= 0.6 is 0 Å². The molecule has 6 nitrogen and oxygen atoms in total. The van der Waals surface area contributed by atoms with E-state index in [4.69, 9.17) is 0 Å². The molecule has 2 aromatic carbocycles. The van der Waals surface area contributed by atoms with Crippen molar-refractivity contribution in [3.8, 4) is 0 Å². The third kappa shape index (κ3) is 3.42. The normalized spacial score (nSPS) is 19.6. The van der Waals surface area contributed by atoms with Crippen LogP contribution in [0.4, 0.5) is 11.4 Å². The fraction of sp³-hybridized carbons (Fsp3) is 0.333. The minimum Gasteiger partial charge on any atom is -0.312 e. The highest BCUT2D eigenvalue weighted by atomic mass is 32.2. The lowest BCUT2D eigenvalue weighted by Gasteiger charge is -2.31. The average molecular weight is 398 g/mol. The highest BCUT2D eigenvalue weighted by Gasteiger charge is 2.38. The Bertz CT molecular complexity index is 1030. The number of anilines is 2. The number of carbonyl (C=O) groups excluding carboxylic acids is 2. The van der Waals surface area contributed by atoms with Gasteiger partial charge in [-0.15, -0.1) is 0 Å². The quantitative estimate of drug-likeness (QED) is 0.796. The lowest BCUT2D eigenvalue weighted by Crippen LogP contribution is -2.40. The van der Waals surface area contributed by atoms with Gasteiger partial charge in [0.1, 0.15) is 0 Å². The van der Waals surface area contributed by atoms with Gasteiger partial charge in [-0.05, 0) is 48.7 Å². The molecule has 0 N–H and O–H groups in total. The third-order valence-electron chi connectivity index (χ3n) is 5.41. The molecule has 28 heavy (non-hydrogen) atoms. The molecule has 7 heteroatoms. The van der Waals surface area contributed by atoms with Crippen LogP contribution in [0.25, 0.3) is 0 Å². The molecule has 0 unspecified atom stereocenters. The predicted molar refractivity (Wildman–Crippen MR) is 107 cm³/mol. The van der Waals surface area contributed by atoms with Crippen LogP contribution in [0, 0.1) is 5.92 Å². The molecule has 146 valence electrons. The molecule has 1 saturated heterocycles. The average Bonchev–Trinajstić information content (AvgIpc) is 3.08. The van der Waals surface area contributed by atoms with E-state index >= 15 is 0 Å². The number of aryl methyl sites for hydroxylation is 1. The summed E-state index contributed by atoms with van der Waals surface area (Å²) in [7, 11) is -3.29. The van der Waals surface area contributed by atoms with Crippen molar-refractivity contribution in [3.63, 3.8) is 0 Å². The van der Waals surface area contributed by atoms with Gasteiger partial charge >= 0.3 is 0 Å². The number of rotatable bonds is 3. The number of hydrogen-bond acceptors (Lipinski definition) is 4. The third-order valence-corrected chi connectivity index (χ3v) is 6.52. The summed E-state index contributed by atoms with van der Waals surface area (Å²) in [5.74, 6) is -0.512. The van der Waals surface area contributed by atoms with Crippen LogP contribution in [0.5, 0.6) is 0 Å². The molecule has 2 aliphatic heterocycles. The number of hydrogen-bond donors (Lipinski definition) is 0. The molecule has 1 fully saturated rings. The number of sulfone groups is 1. The fourth-order valence-corrected chi connectivity index (χ4v) is 4.66. The van der Waals surface area contributed by atoms with Gasteiger partial charge in [-0.1, -0.05) is 18.2 Å². The second kappa shape index (κ2) is 7.05. The van der Waals surface area contributed by atoms with E-state index in [2.05, 4.69) is 0 Å². The summed E-state index contributed by atoms with van der Waals surface area (Å²) >= 11 is 0. The summed E-state index contributed by atoms with van der Waals surface area (Å²) < 4.78 is 23.7. The smallest absolute Gasteiger partial charge is 0.232 e.